The predicted molar refractivity (Wildman–Crippen MR) is 66.9 cm³/mol. The highest BCUT2D eigenvalue weighted by atomic mass is 32.2. The molecular weight excluding hydrogens is 256 g/mol. The first-order chi connectivity index (χ1) is 8.32. The molecule has 1 fully saturated rings. The number of aryl methyl sites for hydroxylation is 2. The lowest BCUT2D eigenvalue weighted by Crippen LogP contribution is -2.44. The lowest BCUT2D eigenvalue weighted by Gasteiger charge is -2.26. The Balaban J connectivity index is 2.23. The number of anilines is 1. The first-order valence-corrected chi connectivity index (χ1v) is 7.43. The summed E-state index contributed by atoms with van der Waals surface area (Å²) in [5.41, 5.74) is 7.10. The molecule has 8 heteroatoms. The SMILES string of the molecule is Cc1nn(C)c(C(=O)N2CCS(=O)(=O)CC2)c1N. The molecule has 0 unspecified atom stereocenters. The van der Waals surface area contributed by atoms with E-state index in [-0.39, 0.29) is 30.5 Å². The molecule has 0 aromatic carbocycles. The lowest BCUT2D eigenvalue weighted by molar-refractivity contribution is 0.0760. The van der Waals surface area contributed by atoms with Crippen LogP contribution in [0.25, 0.3) is 0 Å². The number of rotatable bonds is 1. The van der Waals surface area contributed by atoms with Gasteiger partial charge in [-0.3, -0.25) is 9.48 Å². The van der Waals surface area contributed by atoms with Crippen LogP contribution in [0.3, 0.4) is 0 Å². The van der Waals surface area contributed by atoms with Gasteiger partial charge in [-0.1, -0.05) is 0 Å². The second-order valence-corrected chi connectivity index (χ2v) is 6.72. The number of nitrogens with zero attached hydrogens (tertiary/aromatic N) is 3. The molecule has 2 rings (SSSR count). The van der Waals surface area contributed by atoms with Gasteiger partial charge in [0.15, 0.2) is 9.84 Å². The van der Waals surface area contributed by atoms with E-state index in [0.717, 1.165) is 0 Å². The predicted octanol–water partition coefficient (Wildman–Crippen LogP) is -0.819. The first kappa shape index (κ1) is 12.9. The highest BCUT2D eigenvalue weighted by Gasteiger charge is 2.29. The largest absolute Gasteiger partial charge is 0.395 e. The van der Waals surface area contributed by atoms with Crippen molar-refractivity contribution in [1.82, 2.24) is 14.7 Å². The minimum Gasteiger partial charge on any atom is -0.395 e. The summed E-state index contributed by atoms with van der Waals surface area (Å²) in [5, 5.41) is 4.08. The van der Waals surface area contributed by atoms with Crippen molar-refractivity contribution in [2.24, 2.45) is 7.05 Å². The molecule has 1 amide bonds. The Labute approximate surface area is 105 Å². The summed E-state index contributed by atoms with van der Waals surface area (Å²) in [6, 6.07) is 0. The van der Waals surface area contributed by atoms with Gasteiger partial charge in [0, 0.05) is 20.1 Å². The van der Waals surface area contributed by atoms with Gasteiger partial charge in [-0.15, -0.1) is 0 Å². The van der Waals surface area contributed by atoms with E-state index in [1.807, 2.05) is 0 Å². The summed E-state index contributed by atoms with van der Waals surface area (Å²) in [5.74, 6) is -0.240. The van der Waals surface area contributed by atoms with Crippen LogP contribution in [-0.4, -0.2) is 53.6 Å². The normalized spacial score (nSPS) is 18.9. The van der Waals surface area contributed by atoms with Crippen LogP contribution in [0, 0.1) is 6.92 Å². The summed E-state index contributed by atoms with van der Waals surface area (Å²) < 4.78 is 24.1. The van der Waals surface area contributed by atoms with Crippen LogP contribution in [0.1, 0.15) is 16.2 Å². The van der Waals surface area contributed by atoms with Crippen molar-refractivity contribution in [2.45, 2.75) is 6.92 Å². The Bertz CT molecular complexity index is 577. The zero-order valence-electron chi connectivity index (χ0n) is 10.4. The van der Waals surface area contributed by atoms with Crippen molar-refractivity contribution in [3.8, 4) is 0 Å². The first-order valence-electron chi connectivity index (χ1n) is 5.60. The molecule has 18 heavy (non-hydrogen) atoms. The van der Waals surface area contributed by atoms with E-state index in [2.05, 4.69) is 5.10 Å². The topological polar surface area (TPSA) is 98.3 Å². The van der Waals surface area contributed by atoms with Gasteiger partial charge in [0.05, 0.1) is 22.9 Å². The molecule has 1 aromatic rings. The molecule has 0 atom stereocenters. The molecule has 2 heterocycles. The van der Waals surface area contributed by atoms with Crippen molar-refractivity contribution in [3.63, 3.8) is 0 Å². The Hall–Kier alpha value is -1.57. The van der Waals surface area contributed by atoms with Gasteiger partial charge in [0.2, 0.25) is 0 Å². The number of hydrogen-bond donors (Lipinski definition) is 1. The van der Waals surface area contributed by atoms with Gasteiger partial charge in [-0.05, 0) is 6.92 Å². The van der Waals surface area contributed by atoms with Gasteiger partial charge in [-0.25, -0.2) is 8.42 Å². The molecule has 7 nitrogen and oxygen atoms in total. The fourth-order valence-corrected chi connectivity index (χ4v) is 3.19. The van der Waals surface area contributed by atoms with Crippen molar-refractivity contribution in [1.29, 1.82) is 0 Å². The highest BCUT2D eigenvalue weighted by Crippen LogP contribution is 2.18. The summed E-state index contributed by atoms with van der Waals surface area (Å²) >= 11 is 0. The summed E-state index contributed by atoms with van der Waals surface area (Å²) in [6.45, 7) is 2.16. The van der Waals surface area contributed by atoms with Crippen molar-refractivity contribution >= 4 is 21.4 Å². The van der Waals surface area contributed by atoms with Crippen LogP contribution in [-0.2, 0) is 16.9 Å². The molecule has 0 saturated carbocycles. The number of nitrogen functional groups attached to an aromatic ring is 1. The third kappa shape index (κ3) is 2.20. The molecule has 0 bridgehead atoms. The third-order valence-electron chi connectivity index (χ3n) is 3.10. The van der Waals surface area contributed by atoms with Crippen LogP contribution in [0.15, 0.2) is 0 Å². The molecule has 0 aliphatic carbocycles. The van der Waals surface area contributed by atoms with Crippen LogP contribution < -0.4 is 5.73 Å². The molecule has 0 radical (unpaired) electrons. The molecule has 0 spiro atoms. The minimum absolute atomic E-state index is 0.00940. The number of aromatic nitrogens is 2. The average molecular weight is 272 g/mol. The van der Waals surface area contributed by atoms with Crippen molar-refractivity contribution in [2.75, 3.05) is 30.3 Å². The molecule has 1 aliphatic heterocycles. The molecule has 2 N–H and O–H groups in total. The lowest BCUT2D eigenvalue weighted by atomic mass is 10.2. The zero-order chi connectivity index (χ0) is 13.5. The van der Waals surface area contributed by atoms with E-state index >= 15 is 0 Å². The maximum absolute atomic E-state index is 12.3. The molecular formula is C10H16N4O3S. The highest BCUT2D eigenvalue weighted by molar-refractivity contribution is 7.91. The standard InChI is InChI=1S/C10H16N4O3S/c1-7-8(11)9(13(2)12-7)10(15)14-3-5-18(16,17)6-4-14/h3-6,11H2,1-2H3. The van der Waals surface area contributed by atoms with Gasteiger partial charge in [-0.2, -0.15) is 5.10 Å². The van der Waals surface area contributed by atoms with Crippen LogP contribution in [0.2, 0.25) is 0 Å². The Morgan fingerprint density at radius 1 is 1.33 bits per heavy atom. The Morgan fingerprint density at radius 3 is 2.33 bits per heavy atom. The number of carbonyl (C=O) groups is 1. The molecule has 1 aliphatic rings. The zero-order valence-corrected chi connectivity index (χ0v) is 11.2. The van der Waals surface area contributed by atoms with Gasteiger partial charge < -0.3 is 10.6 Å². The second-order valence-electron chi connectivity index (χ2n) is 4.42. The Kier molecular flexibility index (Phi) is 3.05. The molecule has 100 valence electrons. The van der Waals surface area contributed by atoms with Gasteiger partial charge in [0.25, 0.3) is 5.91 Å². The van der Waals surface area contributed by atoms with Crippen LogP contribution in [0.4, 0.5) is 5.69 Å². The van der Waals surface area contributed by atoms with E-state index < -0.39 is 9.84 Å². The summed E-state index contributed by atoms with van der Waals surface area (Å²) in [6.07, 6.45) is 0. The van der Waals surface area contributed by atoms with Crippen LogP contribution in [0.5, 0.6) is 0 Å². The number of amides is 1. The van der Waals surface area contributed by atoms with E-state index in [1.165, 1.54) is 9.58 Å². The van der Waals surface area contributed by atoms with E-state index in [1.54, 1.807) is 14.0 Å². The summed E-state index contributed by atoms with van der Waals surface area (Å²) in [4.78, 5) is 13.8. The fourth-order valence-electron chi connectivity index (χ4n) is 1.99. The molecule has 1 aromatic heterocycles. The third-order valence-corrected chi connectivity index (χ3v) is 4.71. The van der Waals surface area contributed by atoms with E-state index in [4.69, 9.17) is 5.73 Å². The Morgan fingerprint density at radius 2 is 1.89 bits per heavy atom. The van der Waals surface area contributed by atoms with Crippen LogP contribution >= 0.6 is 0 Å². The monoisotopic (exact) mass is 272 g/mol. The fraction of sp³-hybridized carbons (Fsp3) is 0.600. The maximum atomic E-state index is 12.3. The number of nitrogens with two attached hydrogens (primary N) is 1. The maximum Gasteiger partial charge on any atom is 0.274 e. The molecule has 1 saturated heterocycles. The number of sulfone groups is 1. The van der Waals surface area contributed by atoms with Crippen molar-refractivity contribution in [3.05, 3.63) is 11.4 Å². The average Bonchev–Trinajstić information content (AvgIpc) is 2.52. The smallest absolute Gasteiger partial charge is 0.274 e. The van der Waals surface area contributed by atoms with Gasteiger partial charge in [0.1, 0.15) is 5.69 Å². The van der Waals surface area contributed by atoms with E-state index in [9.17, 15) is 13.2 Å². The number of hydrogen-bond acceptors (Lipinski definition) is 5. The second kappa shape index (κ2) is 4.27. The minimum atomic E-state index is -2.99. The van der Waals surface area contributed by atoms with E-state index in [0.29, 0.717) is 17.1 Å². The number of carbonyl (C=O) groups excluding carboxylic acids is 1. The van der Waals surface area contributed by atoms with Gasteiger partial charge >= 0.3 is 0 Å². The van der Waals surface area contributed by atoms with Crippen molar-refractivity contribution < 1.29 is 13.2 Å². The summed E-state index contributed by atoms with van der Waals surface area (Å²) in [7, 11) is -1.34. The quantitative estimate of drug-likeness (QED) is 0.720.